The zero-order valence-electron chi connectivity index (χ0n) is 6.65. The Morgan fingerprint density at radius 2 is 2.42 bits per heavy atom. The van der Waals surface area contributed by atoms with Gasteiger partial charge in [-0.05, 0) is 31.5 Å². The van der Waals surface area contributed by atoms with Crippen LogP contribution < -0.4 is 5.43 Å². The lowest BCUT2D eigenvalue weighted by Gasteiger charge is -1.90. The first-order chi connectivity index (χ1) is 5.75. The van der Waals surface area contributed by atoms with Crippen LogP contribution in [0.15, 0.2) is 10.1 Å². The summed E-state index contributed by atoms with van der Waals surface area (Å²) >= 11 is 1.35. The summed E-state index contributed by atoms with van der Waals surface area (Å²) in [5, 5.41) is 5.11. The molecule has 4 nitrogen and oxygen atoms in total. The van der Waals surface area contributed by atoms with Gasteiger partial charge in [-0.15, -0.1) is 10.5 Å². The van der Waals surface area contributed by atoms with Gasteiger partial charge in [0.1, 0.15) is 5.04 Å². The van der Waals surface area contributed by atoms with Gasteiger partial charge in [0.15, 0.2) is 0 Å². The zero-order valence-corrected chi connectivity index (χ0v) is 7.47. The van der Waals surface area contributed by atoms with Gasteiger partial charge in [-0.2, -0.15) is 4.99 Å². The summed E-state index contributed by atoms with van der Waals surface area (Å²) in [4.78, 5) is 15.0. The number of rotatable bonds is 1. The van der Waals surface area contributed by atoms with E-state index in [1.165, 1.54) is 11.8 Å². The molecule has 0 N–H and O–H groups in total. The average Bonchev–Trinajstić information content (AvgIpc) is 2.78. The topological polar surface area (TPSA) is 55.9 Å². The maximum Gasteiger partial charge on any atom is 0.251 e. The van der Waals surface area contributed by atoms with E-state index in [2.05, 4.69) is 15.5 Å². The molecule has 0 atom stereocenters. The van der Waals surface area contributed by atoms with Crippen molar-refractivity contribution in [2.24, 2.45) is 16.0 Å². The molecule has 0 unspecified atom stereocenters. The minimum absolute atomic E-state index is 0.0360. The largest absolute Gasteiger partial charge is 0.272 e. The first-order valence-electron chi connectivity index (χ1n) is 3.81. The first-order valence-corrected chi connectivity index (χ1v) is 4.63. The fourth-order valence-corrected chi connectivity index (χ4v) is 1.41. The van der Waals surface area contributed by atoms with Gasteiger partial charge in [0.25, 0.3) is 5.91 Å². The quantitative estimate of drug-likeness (QED) is 0.606. The fraction of sp³-hybridized carbons (Fsp3) is 0.571. The third-order valence-electron chi connectivity index (χ3n) is 1.65. The number of hydrogen-bond donors (Lipinski definition) is 0. The highest BCUT2D eigenvalue weighted by molar-refractivity contribution is 8.26. The second kappa shape index (κ2) is 2.90. The number of nitrogens with zero attached hydrogens (tertiary/aromatic N) is 3. The third kappa shape index (κ3) is 1.66. The molecule has 0 aromatic rings. The zero-order chi connectivity index (χ0) is 8.55. The normalized spacial score (nSPS) is 25.4. The Morgan fingerprint density at radius 3 is 2.92 bits per heavy atom. The van der Waals surface area contributed by atoms with Crippen LogP contribution in [0.1, 0.15) is 19.8 Å². The summed E-state index contributed by atoms with van der Waals surface area (Å²) in [7, 11) is 0. The van der Waals surface area contributed by atoms with Crippen LogP contribution in [0.5, 0.6) is 0 Å². The molecule has 5 heteroatoms. The second-order valence-electron chi connectivity index (χ2n) is 2.83. The molecule has 1 aliphatic carbocycles. The van der Waals surface area contributed by atoms with E-state index in [9.17, 15) is 4.79 Å². The SMILES string of the molecule is CC1=N[N]C(=NC(=O)C2CC2)S1. The van der Waals surface area contributed by atoms with Crippen LogP contribution in [0.25, 0.3) is 0 Å². The van der Waals surface area contributed by atoms with E-state index in [4.69, 9.17) is 0 Å². The van der Waals surface area contributed by atoms with Crippen molar-refractivity contribution in [1.29, 1.82) is 0 Å². The van der Waals surface area contributed by atoms with Crippen LogP contribution in [0.4, 0.5) is 0 Å². The first kappa shape index (κ1) is 7.79. The molecule has 1 heterocycles. The molecule has 2 aliphatic rings. The van der Waals surface area contributed by atoms with Gasteiger partial charge in [0, 0.05) is 5.92 Å². The highest BCUT2D eigenvalue weighted by Crippen LogP contribution is 2.30. The second-order valence-corrected chi connectivity index (χ2v) is 3.99. The highest BCUT2D eigenvalue weighted by atomic mass is 32.2. The van der Waals surface area contributed by atoms with Gasteiger partial charge in [-0.1, -0.05) is 0 Å². The average molecular weight is 182 g/mol. The number of amidine groups is 1. The van der Waals surface area contributed by atoms with Gasteiger partial charge < -0.3 is 0 Å². The van der Waals surface area contributed by atoms with E-state index in [1.807, 2.05) is 6.92 Å². The molecule has 63 valence electrons. The van der Waals surface area contributed by atoms with Crippen LogP contribution in [-0.4, -0.2) is 16.1 Å². The number of carbonyl (C=O) groups is 1. The standard InChI is InChI=1S/C7H8N3OS/c1-4-9-10-7(12-4)8-6(11)5-2-3-5/h5H,2-3H2,1H3. The number of carbonyl (C=O) groups excluding carboxylic acids is 1. The van der Waals surface area contributed by atoms with E-state index >= 15 is 0 Å². The number of hydrogen-bond acceptors (Lipinski definition) is 3. The lowest BCUT2D eigenvalue weighted by Crippen LogP contribution is -2.05. The molecule has 1 radical (unpaired) electrons. The Morgan fingerprint density at radius 1 is 1.67 bits per heavy atom. The Balaban J connectivity index is 1.96. The molecule has 12 heavy (non-hydrogen) atoms. The Hall–Kier alpha value is -0.840. The molecule has 2 rings (SSSR count). The summed E-state index contributed by atoms with van der Waals surface area (Å²) in [5.41, 5.74) is 3.75. The van der Waals surface area contributed by atoms with Gasteiger partial charge in [-0.3, -0.25) is 4.79 Å². The van der Waals surface area contributed by atoms with Crippen molar-refractivity contribution >= 4 is 27.9 Å². The van der Waals surface area contributed by atoms with Gasteiger partial charge in [-0.25, -0.2) is 0 Å². The molecule has 0 aromatic carbocycles. The van der Waals surface area contributed by atoms with Crippen molar-refractivity contribution in [3.63, 3.8) is 0 Å². The maximum absolute atomic E-state index is 11.2. The van der Waals surface area contributed by atoms with E-state index in [0.717, 1.165) is 17.9 Å². The lowest BCUT2D eigenvalue weighted by molar-refractivity contribution is -0.118. The van der Waals surface area contributed by atoms with E-state index < -0.39 is 0 Å². The van der Waals surface area contributed by atoms with E-state index in [0.29, 0.717) is 5.17 Å². The predicted molar refractivity (Wildman–Crippen MR) is 48.0 cm³/mol. The summed E-state index contributed by atoms with van der Waals surface area (Å²) in [6.07, 6.45) is 1.97. The molecule has 1 saturated carbocycles. The Kier molecular flexibility index (Phi) is 1.88. The van der Waals surface area contributed by atoms with Crippen LogP contribution in [0, 0.1) is 5.92 Å². The molecular weight excluding hydrogens is 174 g/mol. The highest BCUT2D eigenvalue weighted by Gasteiger charge is 2.30. The summed E-state index contributed by atoms with van der Waals surface area (Å²) < 4.78 is 0. The van der Waals surface area contributed by atoms with Crippen molar-refractivity contribution in [1.82, 2.24) is 5.43 Å². The van der Waals surface area contributed by atoms with Gasteiger partial charge in [0.05, 0.1) is 0 Å². The summed E-state index contributed by atoms with van der Waals surface area (Å²) in [6.45, 7) is 1.85. The Bertz CT molecular complexity index is 280. The van der Waals surface area contributed by atoms with Crippen molar-refractivity contribution in [3.8, 4) is 0 Å². The smallest absolute Gasteiger partial charge is 0.251 e. The molecule has 1 fully saturated rings. The lowest BCUT2D eigenvalue weighted by atomic mass is 10.4. The molecule has 0 spiro atoms. The van der Waals surface area contributed by atoms with Crippen molar-refractivity contribution in [3.05, 3.63) is 0 Å². The Labute approximate surface area is 74.5 Å². The number of amides is 1. The maximum atomic E-state index is 11.2. The van der Waals surface area contributed by atoms with Crippen LogP contribution in [0.3, 0.4) is 0 Å². The van der Waals surface area contributed by atoms with Gasteiger partial charge in [0.2, 0.25) is 5.17 Å². The van der Waals surface area contributed by atoms with Crippen LogP contribution >= 0.6 is 11.8 Å². The van der Waals surface area contributed by atoms with Crippen LogP contribution in [-0.2, 0) is 4.79 Å². The van der Waals surface area contributed by atoms with E-state index in [1.54, 1.807) is 0 Å². The molecule has 0 aromatic heterocycles. The third-order valence-corrected chi connectivity index (χ3v) is 2.38. The molecule has 0 saturated heterocycles. The summed E-state index contributed by atoms with van der Waals surface area (Å²) in [6, 6.07) is 0. The minimum Gasteiger partial charge on any atom is -0.272 e. The molecule has 1 amide bonds. The summed E-state index contributed by atoms with van der Waals surface area (Å²) in [5.74, 6) is 0.139. The van der Waals surface area contributed by atoms with E-state index in [-0.39, 0.29) is 11.8 Å². The molecule has 0 bridgehead atoms. The van der Waals surface area contributed by atoms with Crippen LogP contribution in [0.2, 0.25) is 0 Å². The number of thioether (sulfide) groups is 1. The van der Waals surface area contributed by atoms with Crippen molar-refractivity contribution in [2.75, 3.05) is 0 Å². The van der Waals surface area contributed by atoms with Crippen molar-refractivity contribution in [2.45, 2.75) is 19.8 Å². The van der Waals surface area contributed by atoms with Gasteiger partial charge >= 0.3 is 0 Å². The number of aliphatic imine (C=N–C) groups is 1. The van der Waals surface area contributed by atoms with Crippen molar-refractivity contribution < 1.29 is 4.79 Å². The molecule has 1 aliphatic heterocycles. The minimum atomic E-state index is -0.0360. The fourth-order valence-electron chi connectivity index (χ4n) is 0.847. The predicted octanol–water partition coefficient (Wildman–Crippen LogP) is 0.964. The monoisotopic (exact) mass is 182 g/mol. The molecular formula is C7H8N3OS.